The first kappa shape index (κ1) is 24.4. The maximum absolute atomic E-state index is 3.78. The highest BCUT2D eigenvalue weighted by Crippen LogP contribution is 2.32. The molecule has 4 saturated heterocycles. The zero-order valence-electron chi connectivity index (χ0n) is 20.8. The van der Waals surface area contributed by atoms with Crippen LogP contribution in [0.15, 0.2) is 0 Å². The van der Waals surface area contributed by atoms with Gasteiger partial charge in [-0.3, -0.25) is 25.8 Å². The molecule has 0 aromatic heterocycles. The van der Waals surface area contributed by atoms with Gasteiger partial charge in [-0.25, -0.2) is 0 Å². The van der Waals surface area contributed by atoms with E-state index in [1.165, 1.54) is 77.8 Å². The molecule has 0 amide bonds. The molecular weight excluding hydrogens is 372 g/mol. The summed E-state index contributed by atoms with van der Waals surface area (Å²) in [6, 6.07) is 0. The molecular formula is C24H50N6. The zero-order chi connectivity index (χ0) is 21.9. The Bertz CT molecular complexity index is 505. The van der Waals surface area contributed by atoms with Gasteiger partial charge in [0.05, 0.1) is 11.3 Å². The number of nitrogens with one attached hydrogen (secondary N) is 4. The quantitative estimate of drug-likeness (QED) is 0.481. The van der Waals surface area contributed by atoms with Crippen LogP contribution in [0.25, 0.3) is 0 Å². The summed E-state index contributed by atoms with van der Waals surface area (Å²) in [4.78, 5) is 5.28. The van der Waals surface area contributed by atoms with Crippen LogP contribution in [0.4, 0.5) is 0 Å². The van der Waals surface area contributed by atoms with E-state index in [-0.39, 0.29) is 16.9 Å². The first-order valence-corrected chi connectivity index (χ1v) is 12.6. The Morgan fingerprint density at radius 1 is 0.600 bits per heavy atom. The van der Waals surface area contributed by atoms with Crippen LogP contribution in [0.1, 0.15) is 80.1 Å². The SMILES string of the molecule is CC(C)(C)N1CCC2(CC1)NCCCN2.CC(C)(C)N1CCCNC12CCNCC2. The fraction of sp³-hybridized carbons (Fsp3) is 1.00. The standard InChI is InChI=1S/2C12H25N3/c1-11(2,3)15-10-4-7-14-12(15)5-8-13-9-6-12;1-11(2,3)15-9-5-12(6-10-15)13-7-4-8-14-12/h2*13-14H,4-10H2,1-3H3. The molecule has 30 heavy (non-hydrogen) atoms. The van der Waals surface area contributed by atoms with E-state index in [4.69, 9.17) is 0 Å². The minimum Gasteiger partial charge on any atom is -0.316 e. The topological polar surface area (TPSA) is 54.6 Å². The minimum atomic E-state index is 0.264. The number of rotatable bonds is 0. The van der Waals surface area contributed by atoms with Gasteiger partial charge >= 0.3 is 0 Å². The average molecular weight is 423 g/mol. The van der Waals surface area contributed by atoms with Crippen LogP contribution in [-0.2, 0) is 0 Å². The number of hydrogen-bond acceptors (Lipinski definition) is 6. The summed E-state index contributed by atoms with van der Waals surface area (Å²) >= 11 is 0. The average Bonchev–Trinajstić information content (AvgIpc) is 2.69. The third kappa shape index (κ3) is 5.96. The van der Waals surface area contributed by atoms with Crippen LogP contribution in [0.5, 0.6) is 0 Å². The molecule has 6 nitrogen and oxygen atoms in total. The molecule has 0 aliphatic carbocycles. The first-order chi connectivity index (χ1) is 14.1. The molecule has 0 radical (unpaired) electrons. The maximum Gasteiger partial charge on any atom is 0.0741 e. The second-order valence-corrected chi connectivity index (χ2v) is 11.8. The van der Waals surface area contributed by atoms with Crippen LogP contribution in [-0.4, -0.2) is 84.6 Å². The highest BCUT2D eigenvalue weighted by molar-refractivity contribution is 4.99. The summed E-state index contributed by atoms with van der Waals surface area (Å²) < 4.78 is 0. The normalized spacial score (nSPS) is 28.2. The van der Waals surface area contributed by atoms with Crippen molar-refractivity contribution in [1.29, 1.82) is 0 Å². The molecule has 0 unspecified atom stereocenters. The Balaban J connectivity index is 0.000000171. The molecule has 4 aliphatic heterocycles. The van der Waals surface area contributed by atoms with E-state index in [2.05, 4.69) is 72.6 Å². The predicted octanol–water partition coefficient (Wildman–Crippen LogP) is 2.32. The molecule has 4 rings (SSSR count). The number of likely N-dealkylation sites (tertiary alicyclic amines) is 1. The van der Waals surface area contributed by atoms with Crippen molar-refractivity contribution >= 4 is 0 Å². The predicted molar refractivity (Wildman–Crippen MR) is 128 cm³/mol. The van der Waals surface area contributed by atoms with Crippen molar-refractivity contribution < 1.29 is 0 Å². The van der Waals surface area contributed by atoms with Crippen molar-refractivity contribution in [2.75, 3.05) is 52.4 Å². The smallest absolute Gasteiger partial charge is 0.0741 e. The molecule has 0 saturated carbocycles. The fourth-order valence-corrected chi connectivity index (χ4v) is 5.85. The lowest BCUT2D eigenvalue weighted by molar-refractivity contribution is -0.0583. The molecule has 4 N–H and O–H groups in total. The van der Waals surface area contributed by atoms with Crippen LogP contribution < -0.4 is 21.3 Å². The van der Waals surface area contributed by atoms with E-state index < -0.39 is 0 Å². The Hall–Kier alpha value is -0.240. The van der Waals surface area contributed by atoms with Crippen molar-refractivity contribution in [3.8, 4) is 0 Å². The van der Waals surface area contributed by atoms with E-state index in [0.29, 0.717) is 5.54 Å². The zero-order valence-corrected chi connectivity index (χ0v) is 20.8. The highest BCUT2D eigenvalue weighted by atomic mass is 15.4. The van der Waals surface area contributed by atoms with Crippen molar-refractivity contribution in [3.05, 3.63) is 0 Å². The van der Waals surface area contributed by atoms with Gasteiger partial charge in [-0.1, -0.05) is 0 Å². The highest BCUT2D eigenvalue weighted by Gasteiger charge is 2.44. The molecule has 176 valence electrons. The lowest BCUT2D eigenvalue weighted by atomic mass is 9.88. The third-order valence-corrected chi connectivity index (χ3v) is 7.62. The summed E-state index contributed by atoms with van der Waals surface area (Å²) in [5.74, 6) is 0. The summed E-state index contributed by atoms with van der Waals surface area (Å²) in [5, 5.41) is 14.6. The molecule has 6 heteroatoms. The molecule has 4 fully saturated rings. The minimum absolute atomic E-state index is 0.264. The molecule has 0 atom stereocenters. The summed E-state index contributed by atoms with van der Waals surface area (Å²) in [5.41, 5.74) is 1.16. The lowest BCUT2D eigenvalue weighted by Crippen LogP contribution is -2.70. The van der Waals surface area contributed by atoms with E-state index in [9.17, 15) is 0 Å². The van der Waals surface area contributed by atoms with Gasteiger partial charge in [0, 0.05) is 30.7 Å². The molecule has 4 heterocycles. The molecule has 0 aromatic rings. The third-order valence-electron chi connectivity index (χ3n) is 7.62. The molecule has 0 aromatic carbocycles. The number of hydrogen-bond donors (Lipinski definition) is 4. The molecule has 4 aliphatic rings. The van der Waals surface area contributed by atoms with Crippen LogP contribution in [0.2, 0.25) is 0 Å². The molecule has 0 bridgehead atoms. The first-order valence-electron chi connectivity index (χ1n) is 12.6. The van der Waals surface area contributed by atoms with E-state index in [1.54, 1.807) is 0 Å². The fourth-order valence-electron chi connectivity index (χ4n) is 5.85. The van der Waals surface area contributed by atoms with Crippen LogP contribution in [0.3, 0.4) is 0 Å². The van der Waals surface area contributed by atoms with Gasteiger partial charge in [0.15, 0.2) is 0 Å². The summed E-state index contributed by atoms with van der Waals surface area (Å²) in [6.07, 6.45) is 7.51. The van der Waals surface area contributed by atoms with Crippen LogP contribution >= 0.6 is 0 Å². The van der Waals surface area contributed by atoms with Gasteiger partial charge in [-0.05, 0) is 113 Å². The van der Waals surface area contributed by atoms with Gasteiger partial charge in [0.25, 0.3) is 0 Å². The summed E-state index contributed by atoms with van der Waals surface area (Å²) in [6.45, 7) is 23.5. The Morgan fingerprint density at radius 2 is 1.17 bits per heavy atom. The van der Waals surface area contributed by atoms with E-state index >= 15 is 0 Å². The second kappa shape index (κ2) is 9.72. The maximum atomic E-state index is 3.78. The number of piperidine rings is 2. The monoisotopic (exact) mass is 422 g/mol. The van der Waals surface area contributed by atoms with Gasteiger partial charge in [0.2, 0.25) is 0 Å². The van der Waals surface area contributed by atoms with E-state index in [1.807, 2.05) is 0 Å². The van der Waals surface area contributed by atoms with Crippen LogP contribution in [0, 0.1) is 0 Å². The van der Waals surface area contributed by atoms with Crippen molar-refractivity contribution in [3.63, 3.8) is 0 Å². The Labute approximate surface area is 186 Å². The Morgan fingerprint density at radius 3 is 1.70 bits per heavy atom. The van der Waals surface area contributed by atoms with Crippen molar-refractivity contribution in [1.82, 2.24) is 31.1 Å². The van der Waals surface area contributed by atoms with Gasteiger partial charge in [-0.15, -0.1) is 0 Å². The largest absolute Gasteiger partial charge is 0.316 e. The van der Waals surface area contributed by atoms with Gasteiger partial charge in [-0.2, -0.15) is 0 Å². The van der Waals surface area contributed by atoms with E-state index in [0.717, 1.165) is 13.1 Å². The van der Waals surface area contributed by atoms with Gasteiger partial charge < -0.3 is 5.32 Å². The van der Waals surface area contributed by atoms with Gasteiger partial charge in [0.1, 0.15) is 0 Å². The summed E-state index contributed by atoms with van der Waals surface area (Å²) in [7, 11) is 0. The lowest BCUT2D eigenvalue weighted by Gasteiger charge is -2.55. The van der Waals surface area contributed by atoms with Crippen molar-refractivity contribution in [2.24, 2.45) is 0 Å². The number of nitrogens with zero attached hydrogens (tertiary/aromatic N) is 2. The second-order valence-electron chi connectivity index (χ2n) is 11.8. The molecule has 2 spiro atoms. The van der Waals surface area contributed by atoms with Crippen molar-refractivity contribution in [2.45, 2.75) is 102 Å². The Kier molecular flexibility index (Phi) is 7.90.